The van der Waals surface area contributed by atoms with Gasteiger partial charge in [0.15, 0.2) is 0 Å². The lowest BCUT2D eigenvalue weighted by Gasteiger charge is -2.29. The van der Waals surface area contributed by atoms with Crippen molar-refractivity contribution in [1.82, 2.24) is 5.32 Å². The Hall–Kier alpha value is -1.80. The summed E-state index contributed by atoms with van der Waals surface area (Å²) in [4.78, 5) is 25.1. The Morgan fingerprint density at radius 3 is 1.40 bits per heavy atom. The number of phosphoric ester groups is 1. The number of aliphatic hydroxyl groups is 1. The number of carbonyl (C=O) groups is 1. The minimum atomic E-state index is -4.57. The Morgan fingerprint density at radius 1 is 0.571 bits per heavy atom. The van der Waals surface area contributed by atoms with E-state index in [0.717, 1.165) is 64.2 Å². The van der Waals surface area contributed by atoms with E-state index in [9.17, 15) is 19.4 Å². The number of aliphatic hydroxyl groups excluding tert-OH is 1. The van der Waals surface area contributed by atoms with Crippen LogP contribution in [-0.4, -0.2) is 68.5 Å². The maximum atomic E-state index is 12.7. The van der Waals surface area contributed by atoms with Crippen LogP contribution in [0.15, 0.2) is 60.8 Å². The van der Waals surface area contributed by atoms with Gasteiger partial charge in [0.2, 0.25) is 5.91 Å². The molecule has 0 bridgehead atoms. The second-order valence-electron chi connectivity index (χ2n) is 18.9. The number of rotatable bonds is 47. The van der Waals surface area contributed by atoms with E-state index in [2.05, 4.69) is 67.8 Å². The van der Waals surface area contributed by atoms with Gasteiger partial charge in [-0.25, -0.2) is 0 Å². The van der Waals surface area contributed by atoms with Gasteiger partial charge in [0, 0.05) is 6.42 Å². The highest BCUT2D eigenvalue weighted by Crippen LogP contribution is 2.38. The van der Waals surface area contributed by atoms with Crippen LogP contribution < -0.4 is 10.2 Å². The predicted octanol–water partition coefficient (Wildman–Crippen LogP) is 14.7. The summed E-state index contributed by atoms with van der Waals surface area (Å²) < 4.78 is 23.0. The normalized spacial score (nSPS) is 14.6. The highest BCUT2D eigenvalue weighted by atomic mass is 31.2. The Bertz CT molecular complexity index is 1210. The maximum absolute atomic E-state index is 12.7. The number of quaternary nitrogens is 1. The maximum Gasteiger partial charge on any atom is 0.268 e. The van der Waals surface area contributed by atoms with Gasteiger partial charge in [0.05, 0.1) is 39.9 Å². The predicted molar refractivity (Wildman–Crippen MR) is 270 cm³/mol. The van der Waals surface area contributed by atoms with Gasteiger partial charge in [-0.15, -0.1) is 0 Å². The molecule has 0 saturated heterocycles. The van der Waals surface area contributed by atoms with Crippen LogP contribution in [0.1, 0.15) is 226 Å². The zero-order valence-corrected chi connectivity index (χ0v) is 42.7. The SMILES string of the molecule is CC/C=C\C/C=C\C/C=C\C/C=C\CCCCCCCCCCCCCCCCCCCCCCCCCCC(=O)NC(COP(=O)([O-])OCC[N+](C)(C)C)C(O)/C=C/CCCC. The van der Waals surface area contributed by atoms with E-state index in [1.165, 1.54) is 141 Å². The number of hydrogen-bond donors (Lipinski definition) is 2. The Balaban J connectivity index is 3.69. The number of amides is 1. The molecule has 3 atom stereocenters. The lowest BCUT2D eigenvalue weighted by atomic mass is 10.0. The monoisotopic (exact) mass is 905 g/mol. The third-order valence-electron chi connectivity index (χ3n) is 11.5. The lowest BCUT2D eigenvalue weighted by Crippen LogP contribution is -2.45. The van der Waals surface area contributed by atoms with Crippen LogP contribution in [0.2, 0.25) is 0 Å². The topological polar surface area (TPSA) is 108 Å². The van der Waals surface area contributed by atoms with Crippen LogP contribution in [-0.2, 0) is 18.4 Å². The molecule has 0 radical (unpaired) electrons. The van der Waals surface area contributed by atoms with Gasteiger partial charge < -0.3 is 28.8 Å². The van der Waals surface area contributed by atoms with Gasteiger partial charge >= 0.3 is 0 Å². The molecule has 0 aliphatic heterocycles. The Kier molecular flexibility index (Phi) is 44.1. The summed E-state index contributed by atoms with van der Waals surface area (Å²) in [5, 5.41) is 13.5. The molecule has 0 aromatic carbocycles. The molecule has 9 heteroatoms. The number of allylic oxidation sites excluding steroid dienone is 9. The van der Waals surface area contributed by atoms with Gasteiger partial charge in [0.25, 0.3) is 7.82 Å². The summed E-state index contributed by atoms with van der Waals surface area (Å²) in [5.41, 5.74) is 0. The molecule has 0 spiro atoms. The van der Waals surface area contributed by atoms with Crippen molar-refractivity contribution >= 4 is 13.7 Å². The number of phosphoric acid groups is 1. The molecular weight excluding hydrogens is 804 g/mol. The number of carbonyl (C=O) groups excluding carboxylic acids is 1. The fraction of sp³-hybridized carbons (Fsp3) is 0.796. The third kappa shape index (κ3) is 48.0. The molecule has 2 N–H and O–H groups in total. The van der Waals surface area contributed by atoms with Crippen LogP contribution in [0.3, 0.4) is 0 Å². The molecule has 0 fully saturated rings. The van der Waals surface area contributed by atoms with Crippen molar-refractivity contribution in [3.8, 4) is 0 Å². The number of unbranched alkanes of at least 4 members (excludes halogenated alkanes) is 26. The summed E-state index contributed by atoms with van der Waals surface area (Å²) in [7, 11) is 1.26. The molecule has 0 rings (SSSR count). The van der Waals surface area contributed by atoms with Gasteiger partial charge in [0.1, 0.15) is 13.2 Å². The van der Waals surface area contributed by atoms with E-state index in [4.69, 9.17) is 9.05 Å². The average molecular weight is 905 g/mol. The van der Waals surface area contributed by atoms with Crippen molar-refractivity contribution in [2.75, 3.05) is 40.9 Å². The fourth-order valence-corrected chi connectivity index (χ4v) is 8.09. The van der Waals surface area contributed by atoms with E-state index < -0.39 is 20.0 Å². The Morgan fingerprint density at radius 2 is 0.968 bits per heavy atom. The summed E-state index contributed by atoms with van der Waals surface area (Å²) in [6, 6.07) is -0.881. The number of hydrogen-bond acceptors (Lipinski definition) is 6. The minimum absolute atomic E-state index is 0.00201. The van der Waals surface area contributed by atoms with E-state index in [1.807, 2.05) is 27.2 Å². The van der Waals surface area contributed by atoms with Crippen molar-refractivity contribution in [2.24, 2.45) is 0 Å². The summed E-state index contributed by atoms with van der Waals surface area (Å²) in [6.07, 6.45) is 61.0. The van der Waals surface area contributed by atoms with Gasteiger partial charge in [-0.3, -0.25) is 9.36 Å². The Labute approximate surface area is 390 Å². The van der Waals surface area contributed by atoms with E-state index >= 15 is 0 Å². The molecule has 0 aliphatic carbocycles. The summed E-state index contributed by atoms with van der Waals surface area (Å²) in [6.45, 7) is 4.38. The molecule has 368 valence electrons. The van der Waals surface area contributed by atoms with Gasteiger partial charge in [-0.05, 0) is 51.4 Å². The van der Waals surface area contributed by atoms with Crippen molar-refractivity contribution in [3.05, 3.63) is 60.8 Å². The highest BCUT2D eigenvalue weighted by molar-refractivity contribution is 7.45. The lowest BCUT2D eigenvalue weighted by molar-refractivity contribution is -0.870. The second kappa shape index (κ2) is 45.4. The molecule has 0 saturated carbocycles. The largest absolute Gasteiger partial charge is 0.756 e. The number of nitrogens with zero attached hydrogens (tertiary/aromatic N) is 1. The first-order chi connectivity index (χ1) is 30.5. The third-order valence-corrected chi connectivity index (χ3v) is 12.4. The molecule has 3 unspecified atom stereocenters. The molecule has 0 aromatic heterocycles. The minimum Gasteiger partial charge on any atom is -0.756 e. The van der Waals surface area contributed by atoms with E-state index in [0.29, 0.717) is 17.4 Å². The molecule has 0 heterocycles. The van der Waals surface area contributed by atoms with Crippen LogP contribution in [0.25, 0.3) is 0 Å². The highest BCUT2D eigenvalue weighted by Gasteiger charge is 2.23. The quantitative estimate of drug-likeness (QED) is 0.0273. The average Bonchev–Trinajstić information content (AvgIpc) is 3.24. The van der Waals surface area contributed by atoms with Crippen LogP contribution >= 0.6 is 7.82 Å². The molecule has 0 aromatic rings. The smallest absolute Gasteiger partial charge is 0.268 e. The molecule has 1 amide bonds. The van der Waals surface area contributed by atoms with Crippen LogP contribution in [0.4, 0.5) is 0 Å². The first-order valence-corrected chi connectivity index (χ1v) is 27.6. The molecule has 63 heavy (non-hydrogen) atoms. The van der Waals surface area contributed by atoms with E-state index in [1.54, 1.807) is 6.08 Å². The summed E-state index contributed by atoms with van der Waals surface area (Å²) >= 11 is 0. The van der Waals surface area contributed by atoms with Gasteiger partial charge in [-0.1, -0.05) is 229 Å². The summed E-state index contributed by atoms with van der Waals surface area (Å²) in [5.74, 6) is -0.205. The first-order valence-electron chi connectivity index (χ1n) is 26.2. The molecule has 8 nitrogen and oxygen atoms in total. The van der Waals surface area contributed by atoms with Gasteiger partial charge in [-0.2, -0.15) is 0 Å². The zero-order chi connectivity index (χ0) is 46.4. The van der Waals surface area contributed by atoms with Crippen molar-refractivity contribution in [3.63, 3.8) is 0 Å². The fourth-order valence-electron chi connectivity index (χ4n) is 7.37. The first kappa shape index (κ1) is 61.2. The van der Waals surface area contributed by atoms with Crippen molar-refractivity contribution in [1.29, 1.82) is 0 Å². The second-order valence-corrected chi connectivity index (χ2v) is 20.3. The zero-order valence-electron chi connectivity index (χ0n) is 41.8. The number of likely N-dealkylation sites (N-methyl/N-ethyl adjacent to an activating group) is 1. The molecular formula is C54H101N2O6P. The van der Waals surface area contributed by atoms with Crippen LogP contribution in [0, 0.1) is 0 Å². The standard InChI is InChI=1S/C54H101N2O6P/c1-6-8-10-12-13-14-15-16-17-18-19-20-21-22-23-24-25-26-27-28-29-30-31-32-33-34-35-36-37-38-39-40-41-42-43-44-46-48-54(58)55-52(53(57)47-45-11-9-7-2)51-62-63(59,60)61-50-49-56(3,4)5/h8,10,13-14,16-17,19-20,45,47,52-53,57H,6-7,9,11-12,15,18,21-44,46,48-51H2,1-5H3,(H-,55,58,59,60)/b10-8-,14-13-,17-16-,20-19-,47-45+. The molecule has 0 aliphatic rings. The van der Waals surface area contributed by atoms with Crippen molar-refractivity contribution in [2.45, 2.75) is 238 Å². The van der Waals surface area contributed by atoms with E-state index in [-0.39, 0.29) is 19.1 Å². The number of nitrogens with one attached hydrogen (secondary N) is 1. The van der Waals surface area contributed by atoms with Crippen LogP contribution in [0.5, 0.6) is 0 Å². The van der Waals surface area contributed by atoms with Crippen molar-refractivity contribution < 1.29 is 32.9 Å².